The molecule has 0 aliphatic heterocycles. The van der Waals surface area contributed by atoms with Crippen LogP contribution in [0.1, 0.15) is 15.9 Å². The first-order valence-corrected chi connectivity index (χ1v) is 8.02. The number of nitrogens with zero attached hydrogens (tertiary/aromatic N) is 1. The zero-order valence-electron chi connectivity index (χ0n) is 9.88. The molecule has 2 aromatic rings. The minimum Gasteiger partial charge on any atom is -0.306 e. The maximum Gasteiger partial charge on any atom is 0.257 e. The highest BCUT2D eigenvalue weighted by molar-refractivity contribution is 14.1. The highest BCUT2D eigenvalue weighted by Crippen LogP contribution is 2.21. The van der Waals surface area contributed by atoms with Crippen LogP contribution in [-0.4, -0.2) is 10.9 Å². The molecule has 0 unspecified atom stereocenters. The average Bonchev–Trinajstić information content (AvgIpc) is 2.35. The molecule has 1 aromatic carbocycles. The van der Waals surface area contributed by atoms with Crippen LogP contribution < -0.4 is 5.32 Å². The van der Waals surface area contributed by atoms with Gasteiger partial charge in [0.15, 0.2) is 0 Å². The molecule has 6 heteroatoms. The van der Waals surface area contributed by atoms with Crippen molar-refractivity contribution in [3.63, 3.8) is 0 Å². The van der Waals surface area contributed by atoms with E-state index in [4.69, 9.17) is 0 Å². The molecule has 2 rings (SSSR count). The maximum absolute atomic E-state index is 12.2. The Balaban J connectivity index is 2.28. The van der Waals surface area contributed by atoms with Gasteiger partial charge in [0.1, 0.15) is 5.82 Å². The number of carbonyl (C=O) groups excluding carboxylic acids is 1. The molecule has 0 aliphatic rings. The van der Waals surface area contributed by atoms with Gasteiger partial charge in [-0.1, -0.05) is 15.9 Å². The van der Waals surface area contributed by atoms with Crippen molar-refractivity contribution in [3.05, 3.63) is 54.1 Å². The summed E-state index contributed by atoms with van der Waals surface area (Å²) in [7, 11) is 0. The number of hydrogen-bond acceptors (Lipinski definition) is 2. The van der Waals surface area contributed by atoms with Gasteiger partial charge in [-0.2, -0.15) is 0 Å². The summed E-state index contributed by atoms with van der Waals surface area (Å²) >= 11 is 8.85. The van der Waals surface area contributed by atoms with Gasteiger partial charge in [0, 0.05) is 18.7 Å². The van der Waals surface area contributed by atoms with Gasteiger partial charge in [-0.25, -0.2) is 4.98 Å². The first-order valence-electron chi connectivity index (χ1n) is 5.36. The third-order valence-corrected chi connectivity index (χ3v) is 4.32. The van der Waals surface area contributed by atoms with E-state index in [2.05, 4.69) is 64.8 Å². The van der Waals surface area contributed by atoms with Crippen LogP contribution in [0.5, 0.6) is 0 Å². The molecular formula is C13H9Br2IN2O. The Kier molecular flexibility index (Phi) is 4.97. The SMILES string of the molecule is Cc1cc(Br)cnc1NC(=O)c1cc(Br)ccc1I. The van der Waals surface area contributed by atoms with Gasteiger partial charge in [-0.15, -0.1) is 0 Å². The number of halogens is 3. The Morgan fingerprint density at radius 3 is 2.68 bits per heavy atom. The number of aromatic nitrogens is 1. The predicted octanol–water partition coefficient (Wildman–Crippen LogP) is 4.77. The molecule has 0 aliphatic carbocycles. The van der Waals surface area contributed by atoms with E-state index < -0.39 is 0 Å². The van der Waals surface area contributed by atoms with Crippen LogP contribution in [0.4, 0.5) is 5.82 Å². The van der Waals surface area contributed by atoms with Crippen molar-refractivity contribution in [1.82, 2.24) is 4.98 Å². The molecule has 19 heavy (non-hydrogen) atoms. The lowest BCUT2D eigenvalue weighted by Gasteiger charge is -2.09. The predicted molar refractivity (Wildman–Crippen MR) is 91.5 cm³/mol. The van der Waals surface area contributed by atoms with E-state index in [0.29, 0.717) is 11.4 Å². The smallest absolute Gasteiger partial charge is 0.257 e. The zero-order chi connectivity index (χ0) is 14.0. The molecule has 0 bridgehead atoms. The molecule has 3 nitrogen and oxygen atoms in total. The van der Waals surface area contributed by atoms with E-state index in [9.17, 15) is 4.79 Å². The molecule has 0 saturated heterocycles. The number of hydrogen-bond donors (Lipinski definition) is 1. The average molecular weight is 496 g/mol. The summed E-state index contributed by atoms with van der Waals surface area (Å²) < 4.78 is 2.66. The van der Waals surface area contributed by atoms with E-state index in [-0.39, 0.29) is 5.91 Å². The standard InChI is InChI=1S/C13H9Br2IN2O/c1-7-4-9(15)6-17-12(7)18-13(19)10-5-8(14)2-3-11(10)16/h2-6H,1H3,(H,17,18,19). The van der Waals surface area contributed by atoms with E-state index in [1.807, 2.05) is 25.1 Å². The number of carbonyl (C=O) groups is 1. The number of pyridine rings is 1. The third kappa shape index (κ3) is 3.76. The van der Waals surface area contributed by atoms with Gasteiger partial charge in [0.2, 0.25) is 0 Å². The van der Waals surface area contributed by atoms with Gasteiger partial charge in [-0.3, -0.25) is 4.79 Å². The lowest BCUT2D eigenvalue weighted by Crippen LogP contribution is -2.15. The summed E-state index contributed by atoms with van der Waals surface area (Å²) in [6, 6.07) is 7.50. The van der Waals surface area contributed by atoms with E-state index in [0.717, 1.165) is 18.1 Å². The summed E-state index contributed by atoms with van der Waals surface area (Å²) in [5.41, 5.74) is 1.53. The second-order valence-electron chi connectivity index (χ2n) is 3.90. The number of aryl methyl sites for hydroxylation is 1. The number of rotatable bonds is 2. The van der Waals surface area contributed by atoms with Gasteiger partial charge in [-0.05, 0) is 75.3 Å². The first-order chi connectivity index (χ1) is 8.97. The Labute approximate surface area is 141 Å². The van der Waals surface area contributed by atoms with Crippen molar-refractivity contribution in [3.8, 4) is 0 Å². The van der Waals surface area contributed by atoms with Crippen molar-refractivity contribution < 1.29 is 4.79 Å². The van der Waals surface area contributed by atoms with Crippen LogP contribution in [0.2, 0.25) is 0 Å². The largest absolute Gasteiger partial charge is 0.306 e. The Morgan fingerprint density at radius 1 is 1.26 bits per heavy atom. The topological polar surface area (TPSA) is 42.0 Å². The highest BCUT2D eigenvalue weighted by atomic mass is 127. The lowest BCUT2D eigenvalue weighted by molar-refractivity contribution is 0.102. The van der Waals surface area contributed by atoms with Crippen molar-refractivity contribution in [2.24, 2.45) is 0 Å². The van der Waals surface area contributed by atoms with E-state index in [1.165, 1.54) is 0 Å². The van der Waals surface area contributed by atoms with Crippen LogP contribution in [-0.2, 0) is 0 Å². The molecule has 0 fully saturated rings. The van der Waals surface area contributed by atoms with Gasteiger partial charge in [0.05, 0.1) is 5.56 Å². The summed E-state index contributed by atoms with van der Waals surface area (Å²) in [6.07, 6.45) is 1.66. The fourth-order valence-corrected chi connectivity index (χ4v) is 2.91. The summed E-state index contributed by atoms with van der Waals surface area (Å²) in [6.45, 7) is 1.90. The molecule has 0 atom stereocenters. The molecule has 0 saturated carbocycles. The zero-order valence-corrected chi connectivity index (χ0v) is 15.2. The molecule has 0 spiro atoms. The second-order valence-corrected chi connectivity index (χ2v) is 6.89. The minimum absolute atomic E-state index is 0.163. The lowest BCUT2D eigenvalue weighted by atomic mass is 10.2. The second kappa shape index (κ2) is 6.32. The molecule has 98 valence electrons. The van der Waals surface area contributed by atoms with Crippen LogP contribution in [0.15, 0.2) is 39.4 Å². The van der Waals surface area contributed by atoms with Crippen molar-refractivity contribution in [1.29, 1.82) is 0 Å². The monoisotopic (exact) mass is 494 g/mol. The maximum atomic E-state index is 12.2. The molecular weight excluding hydrogens is 487 g/mol. The number of amides is 1. The molecule has 1 amide bonds. The van der Waals surface area contributed by atoms with E-state index >= 15 is 0 Å². The van der Waals surface area contributed by atoms with Crippen molar-refractivity contribution in [2.75, 3.05) is 5.32 Å². The highest BCUT2D eigenvalue weighted by Gasteiger charge is 2.12. The summed E-state index contributed by atoms with van der Waals surface area (Å²) in [5, 5.41) is 2.83. The summed E-state index contributed by atoms with van der Waals surface area (Å²) in [4.78, 5) is 16.4. The summed E-state index contributed by atoms with van der Waals surface area (Å²) in [5.74, 6) is 0.410. The minimum atomic E-state index is -0.163. The Morgan fingerprint density at radius 2 is 2.00 bits per heavy atom. The molecule has 1 N–H and O–H groups in total. The number of anilines is 1. The van der Waals surface area contributed by atoms with Gasteiger partial charge in [0.25, 0.3) is 5.91 Å². The van der Waals surface area contributed by atoms with Gasteiger partial charge >= 0.3 is 0 Å². The molecule has 1 heterocycles. The van der Waals surface area contributed by atoms with Crippen molar-refractivity contribution >= 4 is 66.2 Å². The Bertz CT molecular complexity index is 647. The third-order valence-electron chi connectivity index (χ3n) is 2.45. The van der Waals surface area contributed by atoms with Gasteiger partial charge < -0.3 is 5.32 Å². The van der Waals surface area contributed by atoms with E-state index in [1.54, 1.807) is 12.3 Å². The molecule has 0 radical (unpaired) electrons. The quantitative estimate of drug-likeness (QED) is 0.610. The van der Waals surface area contributed by atoms with Crippen molar-refractivity contribution in [2.45, 2.75) is 6.92 Å². The first kappa shape index (κ1) is 14.9. The van der Waals surface area contributed by atoms with Crippen LogP contribution in [0.3, 0.4) is 0 Å². The van der Waals surface area contributed by atoms with Crippen LogP contribution in [0.25, 0.3) is 0 Å². The fraction of sp³-hybridized carbons (Fsp3) is 0.0769. The van der Waals surface area contributed by atoms with Crippen LogP contribution in [0, 0.1) is 10.5 Å². The fourth-order valence-electron chi connectivity index (χ4n) is 1.52. The molecule has 1 aromatic heterocycles. The normalized spacial score (nSPS) is 10.3. The number of nitrogens with one attached hydrogen (secondary N) is 1. The number of benzene rings is 1. The Hall–Kier alpha value is -0.470. The van der Waals surface area contributed by atoms with Crippen LogP contribution >= 0.6 is 54.5 Å².